The molecule has 1 aromatic heterocycles. The number of benzene rings is 1. The summed E-state index contributed by atoms with van der Waals surface area (Å²) in [6, 6.07) is 7.74. The summed E-state index contributed by atoms with van der Waals surface area (Å²) in [6.07, 6.45) is 1.05. The minimum atomic E-state index is -3.97. The number of anilines is 1. The predicted octanol–water partition coefficient (Wildman–Crippen LogP) is 2.51. The molecule has 37 heavy (non-hydrogen) atoms. The maximum Gasteiger partial charge on any atom is 0.273 e. The van der Waals surface area contributed by atoms with Crippen molar-refractivity contribution in [2.24, 2.45) is 10.6 Å². The Morgan fingerprint density at radius 1 is 1.27 bits per heavy atom. The van der Waals surface area contributed by atoms with E-state index in [1.807, 2.05) is 13.0 Å². The third-order valence-electron chi connectivity index (χ3n) is 6.75. The summed E-state index contributed by atoms with van der Waals surface area (Å²) in [6.45, 7) is 8.57. The lowest BCUT2D eigenvalue weighted by Crippen LogP contribution is -2.48. The summed E-state index contributed by atoms with van der Waals surface area (Å²) in [7, 11) is -3.97. The minimum Gasteiger partial charge on any atom is -0.325 e. The zero-order valence-electron chi connectivity index (χ0n) is 20.8. The molecule has 0 aliphatic carbocycles. The summed E-state index contributed by atoms with van der Waals surface area (Å²) in [4.78, 5) is 32.2. The fourth-order valence-corrected chi connectivity index (χ4v) is 5.28. The first kappa shape index (κ1) is 26.8. The minimum absolute atomic E-state index is 0.0350. The van der Waals surface area contributed by atoms with E-state index in [2.05, 4.69) is 15.6 Å². The van der Waals surface area contributed by atoms with Crippen LogP contribution in [0.5, 0.6) is 0 Å². The predicted molar refractivity (Wildman–Crippen MR) is 138 cm³/mol. The zero-order valence-corrected chi connectivity index (χ0v) is 22.4. The number of aromatic nitrogens is 1. The second-order valence-corrected chi connectivity index (χ2v) is 12.2. The van der Waals surface area contributed by atoms with Gasteiger partial charge in [-0.25, -0.2) is 18.5 Å². The van der Waals surface area contributed by atoms with E-state index in [0.717, 1.165) is 17.3 Å². The molecule has 1 atom stereocenters. The van der Waals surface area contributed by atoms with Crippen molar-refractivity contribution in [1.29, 1.82) is 5.26 Å². The lowest BCUT2D eigenvalue weighted by molar-refractivity contribution is -0.123. The smallest absolute Gasteiger partial charge is 0.273 e. The second-order valence-electron chi connectivity index (χ2n) is 10.3. The fourth-order valence-electron chi connectivity index (χ4n) is 4.62. The Hall–Kier alpha value is -3.30. The van der Waals surface area contributed by atoms with Gasteiger partial charge >= 0.3 is 0 Å². The highest BCUT2D eigenvalue weighted by molar-refractivity contribution is 7.89. The molecule has 0 spiro atoms. The molecule has 0 fully saturated rings. The Bertz CT molecular complexity index is 1490. The first-order valence-corrected chi connectivity index (χ1v) is 13.4. The maximum atomic E-state index is 13.8. The van der Waals surface area contributed by atoms with Crippen molar-refractivity contribution in [3.8, 4) is 6.07 Å². The number of carbonyl (C=O) groups excluding carboxylic acids is 2. The van der Waals surface area contributed by atoms with Crippen molar-refractivity contribution in [2.75, 3.05) is 25.0 Å². The molecule has 4 rings (SSSR count). The number of hydrogen-bond acceptors (Lipinski definition) is 7. The molecule has 194 valence electrons. The van der Waals surface area contributed by atoms with Crippen LogP contribution in [-0.4, -0.2) is 49.8 Å². The Kier molecular flexibility index (Phi) is 6.67. The van der Waals surface area contributed by atoms with Crippen LogP contribution in [0, 0.1) is 16.7 Å². The molecule has 3 heterocycles. The Morgan fingerprint density at radius 2 is 1.97 bits per heavy atom. The standard InChI is InChI=1S/C25H27ClN6O4S/c1-24(2,3)23(34)31-21-7-14(9-27)19(26)8-17(21)25(4)18-12-29-10-15(18)13-32(25)22(33)20-6-5-16(11-30-20)37(28,35)36/h5-8,11,29H,10,12-13H2,1-4H3,(H,31,34)(H2,28,35,36). The topological polar surface area (TPSA) is 158 Å². The molecule has 1 aromatic carbocycles. The Morgan fingerprint density at radius 3 is 2.54 bits per heavy atom. The monoisotopic (exact) mass is 542 g/mol. The van der Waals surface area contributed by atoms with Gasteiger partial charge in [0.2, 0.25) is 15.9 Å². The number of halogens is 1. The van der Waals surface area contributed by atoms with Crippen LogP contribution in [0.25, 0.3) is 0 Å². The summed E-state index contributed by atoms with van der Waals surface area (Å²) >= 11 is 6.46. The number of nitrogens with zero attached hydrogens (tertiary/aromatic N) is 3. The van der Waals surface area contributed by atoms with Gasteiger partial charge in [0, 0.05) is 42.5 Å². The average Bonchev–Trinajstić information content (AvgIpc) is 3.40. The summed E-state index contributed by atoms with van der Waals surface area (Å²) in [5.74, 6) is -0.704. The third kappa shape index (κ3) is 4.73. The number of sulfonamides is 1. The van der Waals surface area contributed by atoms with Gasteiger partial charge in [-0.3, -0.25) is 9.59 Å². The molecule has 0 saturated carbocycles. The molecular weight excluding hydrogens is 516 g/mol. The number of nitrogens with two attached hydrogens (primary N) is 1. The summed E-state index contributed by atoms with van der Waals surface area (Å²) in [5, 5.41) is 21.2. The average molecular weight is 543 g/mol. The lowest BCUT2D eigenvalue weighted by Gasteiger charge is -2.40. The Balaban J connectivity index is 1.86. The van der Waals surface area contributed by atoms with Crippen molar-refractivity contribution in [3.05, 3.63) is 63.5 Å². The first-order valence-electron chi connectivity index (χ1n) is 11.5. The number of hydrogen-bond donors (Lipinski definition) is 3. The number of rotatable bonds is 4. The van der Waals surface area contributed by atoms with Crippen LogP contribution in [0.1, 0.15) is 49.3 Å². The van der Waals surface area contributed by atoms with Crippen molar-refractivity contribution in [1.82, 2.24) is 15.2 Å². The Labute approximate surface area is 220 Å². The SMILES string of the molecule is CC(C)(C)C(=O)Nc1cc(C#N)c(Cl)cc1C1(C)C2=C(CNC2)CN1C(=O)c1ccc(S(N)(=O)=O)cn1. The molecule has 0 saturated heterocycles. The quantitative estimate of drug-likeness (QED) is 0.500. The van der Waals surface area contributed by atoms with E-state index in [0.29, 0.717) is 30.9 Å². The fraction of sp³-hybridized carbons (Fsp3) is 0.360. The van der Waals surface area contributed by atoms with Crippen LogP contribution in [0.4, 0.5) is 5.69 Å². The van der Waals surface area contributed by atoms with Gasteiger partial charge in [0.1, 0.15) is 16.7 Å². The third-order valence-corrected chi connectivity index (χ3v) is 7.97. The van der Waals surface area contributed by atoms with E-state index in [1.54, 1.807) is 31.7 Å². The molecule has 2 aliphatic heterocycles. The van der Waals surface area contributed by atoms with E-state index < -0.39 is 26.9 Å². The number of nitrogens with one attached hydrogen (secondary N) is 2. The van der Waals surface area contributed by atoms with Crippen LogP contribution in [-0.2, 0) is 20.4 Å². The summed E-state index contributed by atoms with van der Waals surface area (Å²) < 4.78 is 23.3. The summed E-state index contributed by atoms with van der Waals surface area (Å²) in [5.41, 5.74) is 1.36. The van der Waals surface area contributed by atoms with Gasteiger partial charge < -0.3 is 15.5 Å². The molecule has 2 aromatic rings. The number of carbonyl (C=O) groups is 2. The lowest BCUT2D eigenvalue weighted by atomic mass is 9.82. The highest BCUT2D eigenvalue weighted by Gasteiger charge is 2.50. The highest BCUT2D eigenvalue weighted by atomic mass is 35.5. The molecule has 2 amide bonds. The number of nitriles is 1. The van der Waals surface area contributed by atoms with Gasteiger partial charge in [-0.15, -0.1) is 0 Å². The van der Waals surface area contributed by atoms with Gasteiger partial charge in [-0.2, -0.15) is 5.26 Å². The largest absolute Gasteiger partial charge is 0.325 e. The number of pyridine rings is 1. The number of primary sulfonamides is 1. The molecule has 10 nitrogen and oxygen atoms in total. The molecule has 0 radical (unpaired) electrons. The van der Waals surface area contributed by atoms with E-state index in [1.165, 1.54) is 18.2 Å². The van der Waals surface area contributed by atoms with Crippen molar-refractivity contribution >= 4 is 39.1 Å². The first-order chi connectivity index (χ1) is 17.2. The van der Waals surface area contributed by atoms with Crippen LogP contribution in [0.15, 0.2) is 46.5 Å². The van der Waals surface area contributed by atoms with Crippen molar-refractivity contribution in [3.63, 3.8) is 0 Å². The molecule has 4 N–H and O–H groups in total. The van der Waals surface area contributed by atoms with Crippen LogP contribution in [0.2, 0.25) is 5.02 Å². The second kappa shape index (κ2) is 9.22. The molecule has 0 bridgehead atoms. The maximum absolute atomic E-state index is 13.8. The van der Waals surface area contributed by atoms with Crippen molar-refractivity contribution < 1.29 is 18.0 Å². The number of amides is 2. The molecule has 1 unspecified atom stereocenters. The van der Waals surface area contributed by atoms with Gasteiger partial charge in [0.05, 0.1) is 16.1 Å². The van der Waals surface area contributed by atoms with Gasteiger partial charge in [-0.1, -0.05) is 32.4 Å². The van der Waals surface area contributed by atoms with Gasteiger partial charge in [0.25, 0.3) is 5.91 Å². The highest BCUT2D eigenvalue weighted by Crippen LogP contribution is 2.48. The van der Waals surface area contributed by atoms with E-state index in [4.69, 9.17) is 16.7 Å². The zero-order chi connectivity index (χ0) is 27.3. The van der Waals surface area contributed by atoms with Crippen molar-refractivity contribution in [2.45, 2.75) is 38.1 Å². The van der Waals surface area contributed by atoms with Crippen LogP contribution in [0.3, 0.4) is 0 Å². The normalized spacial score (nSPS) is 19.5. The van der Waals surface area contributed by atoms with Gasteiger partial charge in [-0.05, 0) is 42.3 Å². The van der Waals surface area contributed by atoms with E-state index in [-0.39, 0.29) is 27.1 Å². The van der Waals surface area contributed by atoms with E-state index in [9.17, 15) is 23.3 Å². The molecular formula is C25H27ClN6O4S. The molecule has 2 aliphatic rings. The van der Waals surface area contributed by atoms with E-state index >= 15 is 0 Å². The molecule has 12 heteroatoms. The van der Waals surface area contributed by atoms with Crippen LogP contribution >= 0.6 is 11.6 Å². The van der Waals surface area contributed by atoms with Gasteiger partial charge in [0.15, 0.2) is 0 Å². The van der Waals surface area contributed by atoms with Crippen LogP contribution < -0.4 is 15.8 Å².